The summed E-state index contributed by atoms with van der Waals surface area (Å²) in [5.74, 6) is -0.114. The van der Waals surface area contributed by atoms with Gasteiger partial charge in [0, 0.05) is 17.9 Å². The largest absolute Gasteiger partial charge is 0.458 e. The zero-order valence-electron chi connectivity index (χ0n) is 11.5. The molecule has 2 aliphatic rings. The molecule has 1 saturated heterocycles. The number of esters is 1. The van der Waals surface area contributed by atoms with Crippen molar-refractivity contribution in [2.45, 2.75) is 51.4 Å². The number of rotatable bonds is 3. The Balaban J connectivity index is 2.13. The van der Waals surface area contributed by atoms with Gasteiger partial charge in [-0.1, -0.05) is 19.6 Å². The standard InChI is InChI=1S/C15H22O4/c1-8-6-14-12(10(3)15(18)19-14)5-4-11(8)13(17)7-9(2)16/h4,8-9,12-14,16-17H,3,5-7H2,1-2H3/t8-,9-,12+,13+,14+/m0/s1. The van der Waals surface area contributed by atoms with E-state index in [1.165, 1.54) is 0 Å². The molecule has 1 fully saturated rings. The summed E-state index contributed by atoms with van der Waals surface area (Å²) in [7, 11) is 0. The molecule has 0 aromatic carbocycles. The highest BCUT2D eigenvalue weighted by Crippen LogP contribution is 2.39. The first-order valence-corrected chi connectivity index (χ1v) is 6.86. The molecule has 0 radical (unpaired) electrons. The Bertz CT molecular complexity index is 410. The molecule has 0 spiro atoms. The van der Waals surface area contributed by atoms with Crippen LogP contribution in [0.1, 0.15) is 33.1 Å². The fourth-order valence-corrected chi connectivity index (χ4v) is 3.05. The molecule has 1 aliphatic heterocycles. The van der Waals surface area contributed by atoms with Gasteiger partial charge in [0.05, 0.1) is 12.2 Å². The molecule has 1 aliphatic carbocycles. The molecule has 0 bridgehead atoms. The predicted octanol–water partition coefficient (Wildman–Crippen LogP) is 1.57. The van der Waals surface area contributed by atoms with Gasteiger partial charge in [-0.15, -0.1) is 0 Å². The van der Waals surface area contributed by atoms with E-state index in [-0.39, 0.29) is 23.9 Å². The number of hydrogen-bond donors (Lipinski definition) is 2. The highest BCUT2D eigenvalue weighted by molar-refractivity contribution is 5.90. The third-order valence-electron chi connectivity index (χ3n) is 4.13. The van der Waals surface area contributed by atoms with Gasteiger partial charge in [0.2, 0.25) is 0 Å². The van der Waals surface area contributed by atoms with Gasteiger partial charge in [0.25, 0.3) is 0 Å². The molecule has 2 N–H and O–H groups in total. The molecule has 5 atom stereocenters. The average Bonchev–Trinajstić information content (AvgIpc) is 2.47. The molecule has 2 rings (SSSR count). The summed E-state index contributed by atoms with van der Waals surface area (Å²) in [4.78, 5) is 11.5. The Morgan fingerprint density at radius 1 is 1.53 bits per heavy atom. The minimum Gasteiger partial charge on any atom is -0.458 e. The maximum atomic E-state index is 11.5. The number of carbonyl (C=O) groups excluding carboxylic acids is 1. The van der Waals surface area contributed by atoms with Gasteiger partial charge in [-0.3, -0.25) is 0 Å². The summed E-state index contributed by atoms with van der Waals surface area (Å²) in [6.07, 6.45) is 2.44. The monoisotopic (exact) mass is 266 g/mol. The van der Waals surface area contributed by atoms with Gasteiger partial charge >= 0.3 is 5.97 Å². The first-order valence-electron chi connectivity index (χ1n) is 6.86. The minimum absolute atomic E-state index is 0.0335. The molecule has 106 valence electrons. The zero-order valence-corrected chi connectivity index (χ0v) is 11.5. The number of ether oxygens (including phenoxy) is 1. The van der Waals surface area contributed by atoms with Crippen LogP contribution in [0, 0.1) is 11.8 Å². The van der Waals surface area contributed by atoms with Crippen LogP contribution in [-0.4, -0.2) is 34.5 Å². The summed E-state index contributed by atoms with van der Waals surface area (Å²) in [5, 5.41) is 19.5. The van der Waals surface area contributed by atoms with Crippen molar-refractivity contribution in [3.05, 3.63) is 23.8 Å². The van der Waals surface area contributed by atoms with E-state index < -0.39 is 12.2 Å². The van der Waals surface area contributed by atoms with Crippen LogP contribution in [-0.2, 0) is 9.53 Å². The first kappa shape index (κ1) is 14.3. The number of allylic oxidation sites excluding steroid dienone is 1. The molecule has 0 aromatic rings. The Labute approximate surface area is 113 Å². The minimum atomic E-state index is -0.627. The Kier molecular flexibility index (Phi) is 4.11. The lowest BCUT2D eigenvalue weighted by molar-refractivity contribution is -0.139. The van der Waals surface area contributed by atoms with E-state index in [0.29, 0.717) is 24.8 Å². The van der Waals surface area contributed by atoms with Gasteiger partial charge < -0.3 is 14.9 Å². The van der Waals surface area contributed by atoms with Gasteiger partial charge in [-0.05, 0) is 31.3 Å². The van der Waals surface area contributed by atoms with Crippen LogP contribution in [0.2, 0.25) is 0 Å². The fraction of sp³-hybridized carbons (Fsp3) is 0.667. The Morgan fingerprint density at radius 3 is 2.84 bits per heavy atom. The molecule has 4 nitrogen and oxygen atoms in total. The van der Waals surface area contributed by atoms with Crippen LogP contribution in [0.4, 0.5) is 0 Å². The molecule has 0 amide bonds. The number of aliphatic hydroxyl groups excluding tert-OH is 2. The van der Waals surface area contributed by atoms with Gasteiger partial charge in [-0.25, -0.2) is 4.79 Å². The molecule has 1 heterocycles. The van der Waals surface area contributed by atoms with Crippen molar-refractivity contribution in [3.63, 3.8) is 0 Å². The fourth-order valence-electron chi connectivity index (χ4n) is 3.05. The number of hydrogen-bond acceptors (Lipinski definition) is 4. The predicted molar refractivity (Wildman–Crippen MR) is 71.3 cm³/mol. The topological polar surface area (TPSA) is 66.8 Å². The summed E-state index contributed by atoms with van der Waals surface area (Å²) >= 11 is 0. The third-order valence-corrected chi connectivity index (χ3v) is 4.13. The summed E-state index contributed by atoms with van der Waals surface area (Å²) in [6, 6.07) is 0. The van der Waals surface area contributed by atoms with Crippen molar-refractivity contribution in [1.82, 2.24) is 0 Å². The van der Waals surface area contributed by atoms with Crippen LogP contribution in [0.3, 0.4) is 0 Å². The number of carbonyl (C=O) groups is 1. The van der Waals surface area contributed by atoms with Crippen molar-refractivity contribution in [1.29, 1.82) is 0 Å². The quantitative estimate of drug-likeness (QED) is 0.462. The maximum absolute atomic E-state index is 11.5. The Hall–Kier alpha value is -1.13. The first-order chi connectivity index (χ1) is 8.90. The normalized spacial score (nSPS) is 34.1. The molecule has 4 heteroatoms. The van der Waals surface area contributed by atoms with E-state index in [4.69, 9.17) is 4.74 Å². The van der Waals surface area contributed by atoms with Crippen LogP contribution in [0.5, 0.6) is 0 Å². The van der Waals surface area contributed by atoms with Crippen molar-refractivity contribution < 1.29 is 19.7 Å². The second-order valence-electron chi connectivity index (χ2n) is 5.75. The summed E-state index contributed by atoms with van der Waals surface area (Å²) in [6.45, 7) is 7.49. The van der Waals surface area contributed by atoms with Gasteiger partial charge in [-0.2, -0.15) is 0 Å². The lowest BCUT2D eigenvalue weighted by Crippen LogP contribution is -2.23. The van der Waals surface area contributed by atoms with E-state index in [1.807, 2.05) is 13.0 Å². The lowest BCUT2D eigenvalue weighted by atomic mass is 9.89. The second-order valence-corrected chi connectivity index (χ2v) is 5.75. The average molecular weight is 266 g/mol. The number of fused-ring (bicyclic) bond motifs is 1. The number of aliphatic hydroxyl groups is 2. The highest BCUT2D eigenvalue weighted by Gasteiger charge is 2.41. The molecular weight excluding hydrogens is 244 g/mol. The van der Waals surface area contributed by atoms with Crippen molar-refractivity contribution in [3.8, 4) is 0 Å². The molecule has 0 unspecified atom stereocenters. The van der Waals surface area contributed by atoms with Crippen molar-refractivity contribution in [2.75, 3.05) is 0 Å². The second kappa shape index (κ2) is 5.47. The summed E-state index contributed by atoms with van der Waals surface area (Å²) < 4.78 is 5.33. The van der Waals surface area contributed by atoms with Crippen molar-refractivity contribution >= 4 is 5.97 Å². The molecule has 0 aromatic heterocycles. The van der Waals surface area contributed by atoms with E-state index >= 15 is 0 Å². The third kappa shape index (κ3) is 2.90. The van der Waals surface area contributed by atoms with Crippen molar-refractivity contribution in [2.24, 2.45) is 11.8 Å². The van der Waals surface area contributed by atoms with Crippen LogP contribution in [0.15, 0.2) is 23.8 Å². The maximum Gasteiger partial charge on any atom is 0.334 e. The lowest BCUT2D eigenvalue weighted by Gasteiger charge is -2.22. The van der Waals surface area contributed by atoms with Gasteiger partial charge in [0.1, 0.15) is 6.10 Å². The van der Waals surface area contributed by atoms with Crippen LogP contribution in [0.25, 0.3) is 0 Å². The molecular formula is C15H22O4. The van der Waals surface area contributed by atoms with Crippen LogP contribution < -0.4 is 0 Å². The highest BCUT2D eigenvalue weighted by atomic mass is 16.6. The zero-order chi connectivity index (χ0) is 14.2. The van der Waals surface area contributed by atoms with E-state index in [1.54, 1.807) is 6.92 Å². The van der Waals surface area contributed by atoms with Gasteiger partial charge in [0.15, 0.2) is 0 Å². The SMILES string of the molecule is C=C1C(=O)O[C@@H]2C[C@H](C)C([C@H](O)C[C@H](C)O)=CC[C@H]12. The molecule has 0 saturated carbocycles. The summed E-state index contributed by atoms with van der Waals surface area (Å²) in [5.41, 5.74) is 1.49. The van der Waals surface area contributed by atoms with Crippen LogP contribution >= 0.6 is 0 Å². The molecule has 19 heavy (non-hydrogen) atoms. The smallest absolute Gasteiger partial charge is 0.334 e. The van der Waals surface area contributed by atoms with E-state index in [2.05, 4.69) is 6.58 Å². The Morgan fingerprint density at radius 2 is 2.21 bits per heavy atom. The van der Waals surface area contributed by atoms with E-state index in [0.717, 1.165) is 5.57 Å². The van der Waals surface area contributed by atoms with E-state index in [9.17, 15) is 15.0 Å².